The van der Waals surface area contributed by atoms with E-state index >= 15 is 0 Å². The molecule has 0 atom stereocenters. The van der Waals surface area contributed by atoms with Gasteiger partial charge < -0.3 is 4.74 Å². The molecule has 0 saturated carbocycles. The molecule has 0 spiro atoms. The third-order valence-corrected chi connectivity index (χ3v) is 3.33. The van der Waals surface area contributed by atoms with E-state index in [9.17, 15) is 0 Å². The Morgan fingerprint density at radius 1 is 0.889 bits per heavy atom. The molecule has 0 amide bonds. The maximum Gasteiger partial charge on any atom is 0.181 e. The van der Waals surface area contributed by atoms with Gasteiger partial charge in [-0.2, -0.15) is 0 Å². The van der Waals surface area contributed by atoms with Gasteiger partial charge in [-0.3, -0.25) is 4.99 Å². The molecular formula is C16H15NO. The zero-order valence-electron chi connectivity index (χ0n) is 10.3. The molecule has 0 aromatic heterocycles. The normalized spacial score (nSPS) is 17.1. The van der Waals surface area contributed by atoms with Crippen LogP contribution in [-0.2, 0) is 10.3 Å². The van der Waals surface area contributed by atoms with Crippen molar-refractivity contribution in [3.05, 3.63) is 71.8 Å². The van der Waals surface area contributed by atoms with Gasteiger partial charge in [0.2, 0.25) is 0 Å². The summed E-state index contributed by atoms with van der Waals surface area (Å²) in [6, 6.07) is 20.6. The lowest BCUT2D eigenvalue weighted by atomic mass is 9.86. The molecule has 18 heavy (non-hydrogen) atoms. The van der Waals surface area contributed by atoms with Crippen molar-refractivity contribution in [1.29, 1.82) is 0 Å². The van der Waals surface area contributed by atoms with Crippen LogP contribution in [0.1, 0.15) is 18.1 Å². The molecule has 2 nitrogen and oxygen atoms in total. The molecule has 1 aliphatic rings. The van der Waals surface area contributed by atoms with E-state index in [1.807, 2.05) is 43.3 Å². The minimum absolute atomic E-state index is 0.452. The monoisotopic (exact) mass is 237 g/mol. The number of rotatable bonds is 2. The van der Waals surface area contributed by atoms with E-state index in [0.29, 0.717) is 6.54 Å². The summed E-state index contributed by atoms with van der Waals surface area (Å²) < 4.78 is 6.07. The Balaban J connectivity index is 2.12. The first-order valence-electron chi connectivity index (χ1n) is 6.12. The van der Waals surface area contributed by atoms with Gasteiger partial charge in [0.25, 0.3) is 0 Å². The number of hydrogen-bond acceptors (Lipinski definition) is 2. The molecule has 0 saturated heterocycles. The van der Waals surface area contributed by atoms with Gasteiger partial charge in [-0.05, 0) is 0 Å². The van der Waals surface area contributed by atoms with E-state index in [4.69, 9.17) is 4.74 Å². The van der Waals surface area contributed by atoms with Crippen LogP contribution in [0.15, 0.2) is 65.7 Å². The first kappa shape index (κ1) is 11.0. The number of hydrogen-bond donors (Lipinski definition) is 0. The van der Waals surface area contributed by atoms with Gasteiger partial charge in [0.05, 0.1) is 6.54 Å². The minimum Gasteiger partial charge on any atom is -0.463 e. The first-order chi connectivity index (χ1) is 8.81. The second-order valence-electron chi connectivity index (χ2n) is 4.50. The van der Waals surface area contributed by atoms with Gasteiger partial charge >= 0.3 is 0 Å². The average Bonchev–Trinajstić information content (AvgIpc) is 2.84. The molecule has 1 heterocycles. The Kier molecular flexibility index (Phi) is 2.63. The van der Waals surface area contributed by atoms with E-state index in [2.05, 4.69) is 29.3 Å². The van der Waals surface area contributed by atoms with Gasteiger partial charge in [-0.25, -0.2) is 0 Å². The summed E-state index contributed by atoms with van der Waals surface area (Å²) in [6.45, 7) is 2.56. The highest BCUT2D eigenvalue weighted by molar-refractivity contribution is 5.76. The quantitative estimate of drug-likeness (QED) is 0.784. The number of aliphatic imine (C=N–C) groups is 1. The van der Waals surface area contributed by atoms with Gasteiger partial charge in [-0.15, -0.1) is 0 Å². The summed E-state index contributed by atoms with van der Waals surface area (Å²) in [4.78, 5) is 4.44. The maximum atomic E-state index is 6.07. The lowest BCUT2D eigenvalue weighted by molar-refractivity contribution is 0.131. The highest BCUT2D eigenvalue weighted by atomic mass is 16.5. The third kappa shape index (κ3) is 1.70. The van der Waals surface area contributed by atoms with Gasteiger partial charge in [0.15, 0.2) is 11.5 Å². The molecule has 0 N–H and O–H groups in total. The lowest BCUT2D eigenvalue weighted by Gasteiger charge is -2.29. The van der Waals surface area contributed by atoms with Gasteiger partial charge in [0, 0.05) is 18.1 Å². The Hall–Kier alpha value is -2.09. The van der Waals surface area contributed by atoms with Crippen molar-refractivity contribution in [2.24, 2.45) is 4.99 Å². The molecule has 3 rings (SSSR count). The van der Waals surface area contributed by atoms with Crippen molar-refractivity contribution in [3.8, 4) is 0 Å². The van der Waals surface area contributed by atoms with Crippen molar-refractivity contribution in [3.63, 3.8) is 0 Å². The van der Waals surface area contributed by atoms with Crippen molar-refractivity contribution < 1.29 is 4.74 Å². The van der Waals surface area contributed by atoms with E-state index in [0.717, 1.165) is 17.0 Å². The molecule has 0 unspecified atom stereocenters. The topological polar surface area (TPSA) is 21.6 Å². The van der Waals surface area contributed by atoms with Crippen LogP contribution < -0.4 is 0 Å². The van der Waals surface area contributed by atoms with E-state index in [-0.39, 0.29) is 0 Å². The van der Waals surface area contributed by atoms with Crippen LogP contribution in [0.25, 0.3) is 0 Å². The Labute approximate surface area is 107 Å². The van der Waals surface area contributed by atoms with Gasteiger partial charge in [-0.1, -0.05) is 60.7 Å². The predicted molar refractivity (Wildman–Crippen MR) is 72.7 cm³/mol. The first-order valence-corrected chi connectivity index (χ1v) is 6.12. The summed E-state index contributed by atoms with van der Waals surface area (Å²) in [5, 5.41) is 0. The maximum absolute atomic E-state index is 6.07. The summed E-state index contributed by atoms with van der Waals surface area (Å²) in [5.74, 6) is 0.753. The minimum atomic E-state index is -0.452. The van der Waals surface area contributed by atoms with Crippen LogP contribution in [0.4, 0.5) is 0 Å². The Morgan fingerprint density at radius 2 is 1.39 bits per heavy atom. The molecule has 0 bridgehead atoms. The largest absolute Gasteiger partial charge is 0.463 e. The van der Waals surface area contributed by atoms with Crippen LogP contribution in [0.5, 0.6) is 0 Å². The number of nitrogens with zero attached hydrogens (tertiary/aromatic N) is 1. The fourth-order valence-corrected chi connectivity index (χ4v) is 2.42. The number of ether oxygens (including phenoxy) is 1. The molecule has 2 aromatic rings. The molecule has 0 fully saturated rings. The standard InChI is InChI=1S/C16H15NO/c1-13-17-12-16(18-13,14-8-4-2-5-9-14)15-10-6-3-7-11-15/h2-11H,12H2,1H3. The Bertz CT molecular complexity index is 521. The smallest absolute Gasteiger partial charge is 0.181 e. The molecule has 2 heteroatoms. The summed E-state index contributed by atoms with van der Waals surface area (Å²) >= 11 is 0. The van der Waals surface area contributed by atoms with Gasteiger partial charge in [0.1, 0.15) is 0 Å². The zero-order chi connectivity index (χ0) is 12.4. The fraction of sp³-hybridized carbons (Fsp3) is 0.188. The highest BCUT2D eigenvalue weighted by Gasteiger charge is 2.40. The second-order valence-corrected chi connectivity index (χ2v) is 4.50. The third-order valence-electron chi connectivity index (χ3n) is 3.33. The Morgan fingerprint density at radius 3 is 1.78 bits per heavy atom. The van der Waals surface area contributed by atoms with Crippen molar-refractivity contribution in [1.82, 2.24) is 0 Å². The van der Waals surface area contributed by atoms with E-state index in [1.54, 1.807) is 0 Å². The summed E-state index contributed by atoms with van der Waals surface area (Å²) in [7, 11) is 0. The van der Waals surface area contributed by atoms with Crippen LogP contribution in [-0.4, -0.2) is 12.4 Å². The van der Waals surface area contributed by atoms with E-state index < -0.39 is 5.60 Å². The summed E-state index contributed by atoms with van der Waals surface area (Å²) in [5.41, 5.74) is 1.85. The molecule has 0 radical (unpaired) electrons. The molecular weight excluding hydrogens is 222 g/mol. The highest BCUT2D eigenvalue weighted by Crippen LogP contribution is 2.37. The van der Waals surface area contributed by atoms with Crippen LogP contribution >= 0.6 is 0 Å². The van der Waals surface area contributed by atoms with Crippen molar-refractivity contribution >= 4 is 5.90 Å². The number of benzene rings is 2. The van der Waals surface area contributed by atoms with Crippen LogP contribution in [0.2, 0.25) is 0 Å². The lowest BCUT2D eigenvalue weighted by Crippen LogP contribution is -2.31. The molecule has 1 aliphatic heterocycles. The molecule has 0 aliphatic carbocycles. The van der Waals surface area contributed by atoms with Crippen molar-refractivity contribution in [2.75, 3.05) is 6.54 Å². The predicted octanol–water partition coefficient (Wildman–Crippen LogP) is 3.38. The second kappa shape index (κ2) is 4.30. The SMILES string of the molecule is CC1=NCC(c2ccccc2)(c2ccccc2)O1. The van der Waals surface area contributed by atoms with Crippen molar-refractivity contribution in [2.45, 2.75) is 12.5 Å². The summed E-state index contributed by atoms with van der Waals surface area (Å²) in [6.07, 6.45) is 0. The van der Waals surface area contributed by atoms with Crippen LogP contribution in [0.3, 0.4) is 0 Å². The zero-order valence-corrected chi connectivity index (χ0v) is 10.3. The average molecular weight is 237 g/mol. The molecule has 2 aromatic carbocycles. The fourth-order valence-electron chi connectivity index (χ4n) is 2.42. The van der Waals surface area contributed by atoms with E-state index in [1.165, 1.54) is 0 Å². The molecule has 90 valence electrons. The van der Waals surface area contributed by atoms with Crippen LogP contribution in [0, 0.1) is 0 Å².